The molecule has 124 valence electrons. The number of rotatable bonds is 4. The van der Waals surface area contributed by atoms with Gasteiger partial charge < -0.3 is 5.11 Å². The molecule has 3 aromatic carbocycles. The molecule has 0 aromatic heterocycles. The summed E-state index contributed by atoms with van der Waals surface area (Å²) in [4.78, 5) is 0. The molecular formula is C20H18N4O. The molecule has 0 atom stereocenters. The molecule has 0 saturated carbocycles. The molecule has 0 aliphatic heterocycles. The fraction of sp³-hybridized carbons (Fsp3) is 0.100. The quantitative estimate of drug-likeness (QED) is 0.523. The lowest BCUT2D eigenvalue weighted by molar-refractivity contribution is 0.475. The van der Waals surface area contributed by atoms with Crippen molar-refractivity contribution in [1.82, 2.24) is 0 Å². The molecule has 0 bridgehead atoms. The number of hydrogen-bond donors (Lipinski definition) is 1. The summed E-state index contributed by atoms with van der Waals surface area (Å²) in [6.45, 7) is 3.97. The van der Waals surface area contributed by atoms with Crippen LogP contribution in [0.4, 0.5) is 22.7 Å². The van der Waals surface area contributed by atoms with Gasteiger partial charge in [0.05, 0.1) is 22.7 Å². The Labute approximate surface area is 146 Å². The minimum atomic E-state index is 0.203. The zero-order valence-electron chi connectivity index (χ0n) is 14.1. The molecule has 0 unspecified atom stereocenters. The fourth-order valence-corrected chi connectivity index (χ4v) is 2.19. The van der Waals surface area contributed by atoms with Crippen LogP contribution in [0.25, 0.3) is 0 Å². The Hall–Kier alpha value is -3.34. The van der Waals surface area contributed by atoms with Crippen LogP contribution in [-0.2, 0) is 0 Å². The maximum absolute atomic E-state index is 9.30. The van der Waals surface area contributed by atoms with E-state index < -0.39 is 0 Å². The summed E-state index contributed by atoms with van der Waals surface area (Å²) in [6, 6.07) is 20.1. The Morgan fingerprint density at radius 3 is 1.96 bits per heavy atom. The van der Waals surface area contributed by atoms with Crippen LogP contribution in [0.5, 0.6) is 5.75 Å². The zero-order valence-corrected chi connectivity index (χ0v) is 14.1. The number of phenolic OH excluding ortho intramolecular Hbond substituents is 1. The van der Waals surface area contributed by atoms with Gasteiger partial charge in [0.1, 0.15) is 5.75 Å². The van der Waals surface area contributed by atoms with Gasteiger partial charge in [-0.15, -0.1) is 0 Å². The van der Waals surface area contributed by atoms with Crippen molar-refractivity contribution in [2.45, 2.75) is 13.8 Å². The van der Waals surface area contributed by atoms with Crippen LogP contribution < -0.4 is 0 Å². The number of hydrogen-bond acceptors (Lipinski definition) is 5. The molecule has 5 heteroatoms. The second-order valence-electron chi connectivity index (χ2n) is 5.67. The average Bonchev–Trinajstić information content (AvgIpc) is 2.62. The van der Waals surface area contributed by atoms with Gasteiger partial charge in [0.2, 0.25) is 0 Å². The summed E-state index contributed by atoms with van der Waals surface area (Å²) in [5, 5.41) is 26.4. The maximum Gasteiger partial charge on any atom is 0.115 e. The Morgan fingerprint density at radius 1 is 0.600 bits per heavy atom. The summed E-state index contributed by atoms with van der Waals surface area (Å²) < 4.78 is 0. The van der Waals surface area contributed by atoms with Crippen molar-refractivity contribution in [2.75, 3.05) is 0 Å². The molecule has 3 rings (SSSR count). The fourth-order valence-electron chi connectivity index (χ4n) is 2.19. The van der Waals surface area contributed by atoms with E-state index in [-0.39, 0.29) is 5.75 Å². The van der Waals surface area contributed by atoms with Gasteiger partial charge in [-0.25, -0.2) is 0 Å². The Bertz CT molecular complexity index is 931. The molecule has 1 N–H and O–H groups in total. The summed E-state index contributed by atoms with van der Waals surface area (Å²) in [5.41, 5.74) is 5.03. The highest BCUT2D eigenvalue weighted by molar-refractivity contribution is 5.55. The smallest absolute Gasteiger partial charge is 0.115 e. The van der Waals surface area contributed by atoms with E-state index in [9.17, 15) is 5.11 Å². The molecule has 0 aliphatic carbocycles. The Morgan fingerprint density at radius 2 is 1.20 bits per heavy atom. The predicted octanol–water partition coefficient (Wildman–Crippen LogP) is 6.84. The van der Waals surface area contributed by atoms with E-state index in [1.807, 2.05) is 56.3 Å². The molecule has 25 heavy (non-hydrogen) atoms. The van der Waals surface area contributed by atoms with Crippen molar-refractivity contribution >= 4 is 22.7 Å². The molecule has 0 saturated heterocycles. The van der Waals surface area contributed by atoms with Gasteiger partial charge in [-0.2, -0.15) is 20.5 Å². The number of benzene rings is 3. The minimum Gasteiger partial charge on any atom is -0.508 e. The van der Waals surface area contributed by atoms with Crippen LogP contribution in [0.1, 0.15) is 11.1 Å². The van der Waals surface area contributed by atoms with Crippen LogP contribution in [0.15, 0.2) is 87.2 Å². The third-order valence-electron chi connectivity index (χ3n) is 3.70. The molecule has 0 radical (unpaired) electrons. The lowest BCUT2D eigenvalue weighted by Gasteiger charge is -2.01. The first-order chi connectivity index (χ1) is 12.1. The number of azo groups is 2. The van der Waals surface area contributed by atoms with E-state index in [4.69, 9.17) is 0 Å². The van der Waals surface area contributed by atoms with Crippen molar-refractivity contribution in [1.29, 1.82) is 0 Å². The molecule has 0 aliphatic rings. The van der Waals surface area contributed by atoms with Crippen LogP contribution >= 0.6 is 0 Å². The van der Waals surface area contributed by atoms with E-state index in [2.05, 4.69) is 20.5 Å². The zero-order chi connectivity index (χ0) is 17.6. The first-order valence-corrected chi connectivity index (χ1v) is 7.90. The van der Waals surface area contributed by atoms with Gasteiger partial charge in [-0.05, 0) is 67.4 Å². The molecule has 3 aromatic rings. The van der Waals surface area contributed by atoms with E-state index in [0.717, 1.165) is 22.5 Å². The molecule has 5 nitrogen and oxygen atoms in total. The monoisotopic (exact) mass is 330 g/mol. The van der Waals surface area contributed by atoms with Crippen molar-refractivity contribution in [3.8, 4) is 5.75 Å². The first-order valence-electron chi connectivity index (χ1n) is 7.90. The van der Waals surface area contributed by atoms with E-state index in [1.54, 1.807) is 24.3 Å². The lowest BCUT2D eigenvalue weighted by atomic mass is 10.2. The van der Waals surface area contributed by atoms with Crippen molar-refractivity contribution in [2.24, 2.45) is 20.5 Å². The van der Waals surface area contributed by atoms with Gasteiger partial charge >= 0.3 is 0 Å². The summed E-state index contributed by atoms with van der Waals surface area (Å²) >= 11 is 0. The molecular weight excluding hydrogens is 312 g/mol. The summed E-state index contributed by atoms with van der Waals surface area (Å²) in [7, 11) is 0. The molecule has 0 fully saturated rings. The maximum atomic E-state index is 9.30. The van der Waals surface area contributed by atoms with Gasteiger partial charge in [-0.1, -0.05) is 24.3 Å². The Kier molecular flexibility index (Phi) is 4.95. The van der Waals surface area contributed by atoms with Gasteiger partial charge in [0.25, 0.3) is 0 Å². The largest absolute Gasteiger partial charge is 0.508 e. The lowest BCUT2D eigenvalue weighted by Crippen LogP contribution is -1.74. The van der Waals surface area contributed by atoms with E-state index in [1.165, 1.54) is 0 Å². The number of nitrogens with zero attached hydrogens (tertiary/aromatic N) is 4. The van der Waals surface area contributed by atoms with Gasteiger partial charge in [0.15, 0.2) is 0 Å². The first kappa shape index (κ1) is 16.5. The second-order valence-corrected chi connectivity index (χ2v) is 5.67. The molecule has 0 spiro atoms. The standard InChI is InChI=1S/C20H18N4O/c1-14-5-3-4-6-19(14)23-22-17-8-7-15(2)20(13-17)24-21-16-9-11-18(25)12-10-16/h3-13,25H,1-2H3. The van der Waals surface area contributed by atoms with Crippen molar-refractivity contribution in [3.05, 3.63) is 77.9 Å². The molecule has 0 amide bonds. The van der Waals surface area contributed by atoms with Crippen LogP contribution in [0.2, 0.25) is 0 Å². The number of phenols is 1. The predicted molar refractivity (Wildman–Crippen MR) is 98.8 cm³/mol. The normalized spacial score (nSPS) is 11.4. The van der Waals surface area contributed by atoms with E-state index >= 15 is 0 Å². The van der Waals surface area contributed by atoms with Crippen LogP contribution in [-0.4, -0.2) is 5.11 Å². The van der Waals surface area contributed by atoms with Crippen LogP contribution in [0, 0.1) is 13.8 Å². The van der Waals surface area contributed by atoms with Gasteiger partial charge in [-0.3, -0.25) is 0 Å². The highest BCUT2D eigenvalue weighted by Gasteiger charge is 2.00. The summed E-state index contributed by atoms with van der Waals surface area (Å²) in [5.74, 6) is 0.203. The second kappa shape index (κ2) is 7.49. The Balaban J connectivity index is 1.83. The third kappa shape index (κ3) is 4.35. The molecule has 0 heterocycles. The van der Waals surface area contributed by atoms with E-state index in [0.29, 0.717) is 11.4 Å². The minimum absolute atomic E-state index is 0.203. The summed E-state index contributed by atoms with van der Waals surface area (Å²) in [6.07, 6.45) is 0. The van der Waals surface area contributed by atoms with Crippen molar-refractivity contribution in [3.63, 3.8) is 0 Å². The SMILES string of the molecule is Cc1ccccc1N=Nc1ccc(C)c(N=Nc2ccc(O)cc2)c1. The number of aromatic hydroxyl groups is 1. The van der Waals surface area contributed by atoms with Gasteiger partial charge in [0, 0.05) is 0 Å². The topological polar surface area (TPSA) is 69.7 Å². The van der Waals surface area contributed by atoms with Crippen LogP contribution in [0.3, 0.4) is 0 Å². The van der Waals surface area contributed by atoms with Crippen molar-refractivity contribution < 1.29 is 5.11 Å². The third-order valence-corrected chi connectivity index (χ3v) is 3.70. The highest BCUT2D eigenvalue weighted by Crippen LogP contribution is 2.29. The highest BCUT2D eigenvalue weighted by atomic mass is 16.3. The average molecular weight is 330 g/mol. The number of aryl methyl sites for hydroxylation is 2.